The molecule has 0 aromatic rings. The van der Waals surface area contributed by atoms with Crippen molar-refractivity contribution in [2.45, 2.75) is 0 Å². The first-order chi connectivity index (χ1) is 4.66. The van der Waals surface area contributed by atoms with Crippen LogP contribution in [0, 0.1) is 0 Å². The summed E-state index contributed by atoms with van der Waals surface area (Å²) < 4.78 is 0.222. The number of carbonyl (C=O) groups is 2. The van der Waals surface area contributed by atoms with Crippen LogP contribution >= 0.6 is 15.9 Å². The minimum atomic E-state index is -0.465. The molecule has 0 atom stereocenters. The first-order valence-electron chi connectivity index (χ1n) is 2.46. The second-order valence-electron chi connectivity index (χ2n) is 1.61. The molecule has 10 heavy (non-hydrogen) atoms. The molecule has 1 aliphatic heterocycles. The second-order valence-corrected chi connectivity index (χ2v) is 2.47. The molecule has 0 unspecified atom stereocenters. The Morgan fingerprint density at radius 3 is 2.40 bits per heavy atom. The number of hydrogen-bond donors (Lipinski definition) is 0. The third kappa shape index (κ3) is 0.975. The lowest BCUT2D eigenvalue weighted by Crippen LogP contribution is -2.29. The van der Waals surface area contributed by atoms with Gasteiger partial charge in [-0.05, 0) is 15.9 Å². The van der Waals surface area contributed by atoms with Gasteiger partial charge in [0.1, 0.15) is 0 Å². The van der Waals surface area contributed by atoms with Gasteiger partial charge >= 0.3 is 0 Å². The quantitative estimate of drug-likeness (QED) is 0.575. The Hall–Kier alpha value is -0.680. The molecule has 0 spiro atoms. The molecule has 1 heterocycles. The molecule has 0 bridgehead atoms. The van der Waals surface area contributed by atoms with E-state index < -0.39 is 11.8 Å². The molecule has 54 valence electrons. The van der Waals surface area contributed by atoms with Gasteiger partial charge in [0, 0.05) is 6.08 Å². The number of nitrogens with zero attached hydrogens (tertiary/aromatic N) is 1. The van der Waals surface area contributed by atoms with Gasteiger partial charge < -0.3 is 0 Å². The fourth-order valence-electron chi connectivity index (χ4n) is 0.599. The maximum Gasteiger partial charge on any atom is 0.292 e. The molecule has 0 radical (unpaired) electrons. The second kappa shape index (κ2) is 2.51. The van der Waals surface area contributed by atoms with Crippen LogP contribution in [0.2, 0.25) is 0 Å². The van der Waals surface area contributed by atoms with Crippen LogP contribution in [0.3, 0.4) is 0 Å². The van der Waals surface area contributed by atoms with Crippen LogP contribution in [0.25, 0.3) is 0 Å². The van der Waals surface area contributed by atoms with E-state index in [-0.39, 0.29) is 4.48 Å². The lowest BCUT2D eigenvalue weighted by atomic mass is 10.6. The molecule has 0 fully saturated rings. The van der Waals surface area contributed by atoms with E-state index in [1.165, 1.54) is 7.11 Å². The number of carbonyl (C=O) groups excluding carboxylic acids is 2. The summed E-state index contributed by atoms with van der Waals surface area (Å²) in [7, 11) is 1.26. The van der Waals surface area contributed by atoms with Gasteiger partial charge in [-0.3, -0.25) is 14.4 Å². The monoisotopic (exact) mass is 205 g/mol. The standard InChI is InChI=1S/C5H4BrNO3/c1-10-7-4(8)2-3(6)5(7)9/h2H,1H3. The molecule has 1 aliphatic rings. The summed E-state index contributed by atoms with van der Waals surface area (Å²) in [6, 6.07) is 0. The van der Waals surface area contributed by atoms with Gasteiger partial charge in [-0.15, -0.1) is 5.06 Å². The van der Waals surface area contributed by atoms with Crippen molar-refractivity contribution in [1.82, 2.24) is 5.06 Å². The average Bonchev–Trinajstić information content (AvgIpc) is 2.09. The van der Waals surface area contributed by atoms with Gasteiger partial charge in [0.2, 0.25) is 0 Å². The van der Waals surface area contributed by atoms with E-state index in [1.807, 2.05) is 0 Å². The molecular formula is C5H4BrNO3. The number of halogens is 1. The van der Waals surface area contributed by atoms with Gasteiger partial charge in [-0.2, -0.15) is 0 Å². The largest absolute Gasteiger partial charge is 0.292 e. The summed E-state index contributed by atoms with van der Waals surface area (Å²) in [4.78, 5) is 26.0. The highest BCUT2D eigenvalue weighted by Crippen LogP contribution is 2.17. The number of hydrogen-bond acceptors (Lipinski definition) is 3. The number of rotatable bonds is 1. The Balaban J connectivity index is 2.87. The van der Waals surface area contributed by atoms with Gasteiger partial charge in [0.25, 0.3) is 11.8 Å². The Bertz CT molecular complexity index is 223. The number of imide groups is 1. The molecule has 5 heteroatoms. The van der Waals surface area contributed by atoms with Crippen molar-refractivity contribution in [3.8, 4) is 0 Å². The topological polar surface area (TPSA) is 46.6 Å². The van der Waals surface area contributed by atoms with Crippen LogP contribution < -0.4 is 0 Å². The summed E-state index contributed by atoms with van der Waals surface area (Å²) in [5.41, 5.74) is 0. The third-order valence-electron chi connectivity index (χ3n) is 1.02. The van der Waals surface area contributed by atoms with Gasteiger partial charge in [-0.25, -0.2) is 0 Å². The van der Waals surface area contributed by atoms with Crippen LogP contribution in [-0.2, 0) is 14.4 Å². The smallest absolute Gasteiger partial charge is 0.267 e. The van der Waals surface area contributed by atoms with E-state index in [0.29, 0.717) is 5.06 Å². The molecule has 0 aliphatic carbocycles. The Morgan fingerprint density at radius 1 is 1.60 bits per heavy atom. The third-order valence-corrected chi connectivity index (χ3v) is 1.59. The zero-order chi connectivity index (χ0) is 7.72. The normalized spacial score (nSPS) is 18.2. The van der Waals surface area contributed by atoms with E-state index in [9.17, 15) is 9.59 Å². The van der Waals surface area contributed by atoms with Crippen molar-refractivity contribution in [1.29, 1.82) is 0 Å². The molecular weight excluding hydrogens is 202 g/mol. The number of amides is 2. The molecule has 0 N–H and O–H groups in total. The highest BCUT2D eigenvalue weighted by molar-refractivity contribution is 9.12. The zero-order valence-corrected chi connectivity index (χ0v) is 6.71. The molecule has 0 aromatic carbocycles. The van der Waals surface area contributed by atoms with E-state index in [1.54, 1.807) is 0 Å². The molecule has 1 rings (SSSR count). The SMILES string of the molecule is CON1C(=O)C=C(Br)C1=O. The predicted octanol–water partition coefficient (Wildman–Crippen LogP) is 0.195. The van der Waals surface area contributed by atoms with Crippen molar-refractivity contribution in [3.63, 3.8) is 0 Å². The van der Waals surface area contributed by atoms with Crippen molar-refractivity contribution in [2.24, 2.45) is 0 Å². The summed E-state index contributed by atoms with van der Waals surface area (Å²) in [6.07, 6.45) is 1.16. The van der Waals surface area contributed by atoms with Crippen molar-refractivity contribution >= 4 is 27.7 Å². The minimum Gasteiger partial charge on any atom is -0.267 e. The summed E-state index contributed by atoms with van der Waals surface area (Å²) >= 11 is 2.89. The highest BCUT2D eigenvalue weighted by atomic mass is 79.9. The molecule has 0 aromatic heterocycles. The van der Waals surface area contributed by atoms with E-state index in [2.05, 4.69) is 20.8 Å². The zero-order valence-electron chi connectivity index (χ0n) is 5.13. The molecule has 0 saturated carbocycles. The van der Waals surface area contributed by atoms with Gasteiger partial charge in [-0.1, -0.05) is 0 Å². The molecule has 4 nitrogen and oxygen atoms in total. The van der Waals surface area contributed by atoms with Crippen LogP contribution in [0.1, 0.15) is 0 Å². The minimum absolute atomic E-state index is 0.222. The Morgan fingerprint density at radius 2 is 2.20 bits per heavy atom. The highest BCUT2D eigenvalue weighted by Gasteiger charge is 2.29. The summed E-state index contributed by atoms with van der Waals surface area (Å²) in [5.74, 6) is -0.924. The summed E-state index contributed by atoms with van der Waals surface area (Å²) in [5, 5.41) is 0.671. The Kier molecular flexibility index (Phi) is 1.87. The van der Waals surface area contributed by atoms with E-state index >= 15 is 0 Å². The summed E-state index contributed by atoms with van der Waals surface area (Å²) in [6.45, 7) is 0. The predicted molar refractivity (Wildman–Crippen MR) is 35.9 cm³/mol. The first kappa shape index (κ1) is 7.43. The lowest BCUT2D eigenvalue weighted by Gasteiger charge is -2.07. The molecule has 2 amide bonds. The maximum absolute atomic E-state index is 10.8. The van der Waals surface area contributed by atoms with E-state index in [4.69, 9.17) is 0 Å². The fourth-order valence-corrected chi connectivity index (χ4v) is 0.956. The average molecular weight is 206 g/mol. The van der Waals surface area contributed by atoms with Crippen LogP contribution in [0.4, 0.5) is 0 Å². The molecule has 0 saturated heterocycles. The van der Waals surface area contributed by atoms with Crippen molar-refractivity contribution in [2.75, 3.05) is 7.11 Å². The van der Waals surface area contributed by atoms with Crippen LogP contribution in [0.15, 0.2) is 10.6 Å². The van der Waals surface area contributed by atoms with Crippen molar-refractivity contribution in [3.05, 3.63) is 10.6 Å². The van der Waals surface area contributed by atoms with Crippen LogP contribution in [-0.4, -0.2) is 24.0 Å². The van der Waals surface area contributed by atoms with E-state index in [0.717, 1.165) is 6.08 Å². The lowest BCUT2D eigenvalue weighted by molar-refractivity contribution is -0.177. The number of hydroxylamine groups is 2. The first-order valence-corrected chi connectivity index (χ1v) is 3.26. The van der Waals surface area contributed by atoms with Crippen LogP contribution in [0.5, 0.6) is 0 Å². The van der Waals surface area contributed by atoms with Crippen molar-refractivity contribution < 1.29 is 14.4 Å². The van der Waals surface area contributed by atoms with Gasteiger partial charge in [0.15, 0.2) is 0 Å². The maximum atomic E-state index is 10.8. The van der Waals surface area contributed by atoms with Gasteiger partial charge in [0.05, 0.1) is 11.6 Å². The Labute approximate surface area is 65.5 Å². The fraction of sp³-hybridized carbons (Fsp3) is 0.200.